The molecular weight excluding hydrogens is 304 g/mol. The number of amides is 2. The number of nitrogens with zero attached hydrogens (tertiary/aromatic N) is 1. The van der Waals surface area contributed by atoms with Crippen LogP contribution in [0.25, 0.3) is 11.3 Å². The van der Waals surface area contributed by atoms with Crippen LogP contribution in [0.4, 0.5) is 5.13 Å². The van der Waals surface area contributed by atoms with Crippen LogP contribution in [0.1, 0.15) is 23.3 Å². The molecule has 3 rings (SSSR count). The van der Waals surface area contributed by atoms with Gasteiger partial charge in [-0.15, -0.1) is 11.3 Å². The first-order valence-electron chi connectivity index (χ1n) is 6.93. The normalized spacial score (nSPS) is 14.0. The number of rotatable bonds is 7. The van der Waals surface area contributed by atoms with Gasteiger partial charge in [-0.3, -0.25) is 14.9 Å². The summed E-state index contributed by atoms with van der Waals surface area (Å²) in [4.78, 5) is 29.9. The van der Waals surface area contributed by atoms with Gasteiger partial charge < -0.3 is 15.5 Å². The van der Waals surface area contributed by atoms with Crippen molar-refractivity contribution in [3.05, 3.63) is 23.3 Å². The zero-order valence-electron chi connectivity index (χ0n) is 11.8. The Hall–Kier alpha value is -2.19. The van der Waals surface area contributed by atoms with E-state index in [9.17, 15) is 9.59 Å². The van der Waals surface area contributed by atoms with E-state index in [0.717, 1.165) is 5.56 Å². The van der Waals surface area contributed by atoms with E-state index in [1.807, 2.05) is 0 Å². The number of hydrogen-bond acceptors (Lipinski definition) is 5. The van der Waals surface area contributed by atoms with Crippen LogP contribution < -0.4 is 11.1 Å². The van der Waals surface area contributed by atoms with Gasteiger partial charge in [0.1, 0.15) is 12.3 Å². The molecule has 0 radical (unpaired) electrons. The molecule has 2 aromatic rings. The number of nitrogens with two attached hydrogens (primary N) is 1. The van der Waals surface area contributed by atoms with Crippen LogP contribution in [0.2, 0.25) is 0 Å². The van der Waals surface area contributed by atoms with Crippen molar-refractivity contribution in [2.75, 3.05) is 18.5 Å². The maximum atomic E-state index is 11.7. The van der Waals surface area contributed by atoms with Crippen LogP contribution in [0, 0.1) is 5.92 Å². The quantitative estimate of drug-likeness (QED) is 0.719. The fraction of sp³-hybridized carbons (Fsp3) is 0.357. The highest BCUT2D eigenvalue weighted by Gasteiger charge is 2.21. The fourth-order valence-electron chi connectivity index (χ4n) is 1.91. The first-order chi connectivity index (χ1) is 10.6. The minimum Gasteiger partial charge on any atom is -0.371 e. The summed E-state index contributed by atoms with van der Waals surface area (Å²) in [5, 5.41) is 4.99. The first-order valence-corrected chi connectivity index (χ1v) is 7.81. The van der Waals surface area contributed by atoms with E-state index in [0.29, 0.717) is 29.0 Å². The van der Waals surface area contributed by atoms with Crippen LogP contribution in [0.15, 0.2) is 17.6 Å². The van der Waals surface area contributed by atoms with Crippen molar-refractivity contribution in [2.24, 2.45) is 11.7 Å². The number of carbonyl (C=O) groups is 2. The van der Waals surface area contributed by atoms with Crippen molar-refractivity contribution in [3.63, 3.8) is 0 Å². The highest BCUT2D eigenvalue weighted by atomic mass is 32.1. The molecule has 1 fully saturated rings. The van der Waals surface area contributed by atoms with E-state index in [2.05, 4.69) is 15.3 Å². The first kappa shape index (κ1) is 14.7. The SMILES string of the molecule is NC(=O)c1cc(-c2csc(NC(=O)COCC3CC3)n2)c[nH]1. The Bertz CT molecular complexity index is 690. The van der Waals surface area contributed by atoms with Crippen molar-refractivity contribution in [1.29, 1.82) is 0 Å². The number of hydrogen-bond donors (Lipinski definition) is 3. The summed E-state index contributed by atoms with van der Waals surface area (Å²) in [6.45, 7) is 0.692. The Morgan fingerprint density at radius 1 is 1.50 bits per heavy atom. The van der Waals surface area contributed by atoms with Gasteiger partial charge in [0, 0.05) is 17.1 Å². The van der Waals surface area contributed by atoms with Crippen LogP contribution in [-0.2, 0) is 9.53 Å². The predicted molar refractivity (Wildman–Crippen MR) is 82.6 cm³/mol. The predicted octanol–water partition coefficient (Wildman–Crippen LogP) is 1.60. The molecule has 1 aliphatic carbocycles. The van der Waals surface area contributed by atoms with Crippen LogP contribution in [0.3, 0.4) is 0 Å². The number of anilines is 1. The van der Waals surface area contributed by atoms with Crippen molar-refractivity contribution in [2.45, 2.75) is 12.8 Å². The maximum Gasteiger partial charge on any atom is 0.265 e. The summed E-state index contributed by atoms with van der Waals surface area (Å²) >= 11 is 1.31. The monoisotopic (exact) mass is 320 g/mol. The summed E-state index contributed by atoms with van der Waals surface area (Å²) in [6, 6.07) is 1.63. The zero-order chi connectivity index (χ0) is 15.5. The van der Waals surface area contributed by atoms with Crippen molar-refractivity contribution >= 4 is 28.3 Å². The highest BCUT2D eigenvalue weighted by Crippen LogP contribution is 2.29. The molecule has 0 aromatic carbocycles. The number of aromatic amines is 1. The van der Waals surface area contributed by atoms with Gasteiger partial charge in [0.25, 0.3) is 11.8 Å². The lowest BCUT2D eigenvalue weighted by Crippen LogP contribution is -2.18. The molecule has 0 spiro atoms. The minimum atomic E-state index is -0.525. The molecule has 2 aromatic heterocycles. The lowest BCUT2D eigenvalue weighted by molar-refractivity contribution is -0.120. The second-order valence-corrected chi connectivity index (χ2v) is 6.07. The fourth-order valence-corrected chi connectivity index (χ4v) is 2.64. The second-order valence-electron chi connectivity index (χ2n) is 5.21. The lowest BCUT2D eigenvalue weighted by atomic mass is 10.2. The molecule has 1 aliphatic rings. The van der Waals surface area contributed by atoms with Gasteiger partial charge in [-0.1, -0.05) is 0 Å². The van der Waals surface area contributed by atoms with Crippen LogP contribution >= 0.6 is 11.3 Å². The Labute approximate surface area is 130 Å². The van der Waals surface area contributed by atoms with Crippen molar-refractivity contribution < 1.29 is 14.3 Å². The number of nitrogens with one attached hydrogen (secondary N) is 2. The third-order valence-corrected chi connectivity index (χ3v) is 4.04. The zero-order valence-corrected chi connectivity index (χ0v) is 12.6. The number of ether oxygens (including phenoxy) is 1. The van der Waals surface area contributed by atoms with E-state index in [-0.39, 0.29) is 12.5 Å². The van der Waals surface area contributed by atoms with Crippen LogP contribution in [0.5, 0.6) is 0 Å². The molecule has 2 amide bonds. The van der Waals surface area contributed by atoms with E-state index in [4.69, 9.17) is 10.5 Å². The van der Waals surface area contributed by atoms with E-state index >= 15 is 0 Å². The largest absolute Gasteiger partial charge is 0.371 e. The van der Waals surface area contributed by atoms with Gasteiger partial charge >= 0.3 is 0 Å². The minimum absolute atomic E-state index is 0.0430. The second kappa shape index (κ2) is 6.29. The summed E-state index contributed by atoms with van der Waals surface area (Å²) in [6.07, 6.45) is 4.04. The molecule has 7 nitrogen and oxygen atoms in total. The maximum absolute atomic E-state index is 11.7. The number of primary amides is 1. The van der Waals surface area contributed by atoms with Gasteiger partial charge in [0.15, 0.2) is 5.13 Å². The Morgan fingerprint density at radius 2 is 2.32 bits per heavy atom. The summed E-state index contributed by atoms with van der Waals surface area (Å²) in [5.74, 6) is -0.108. The van der Waals surface area contributed by atoms with Gasteiger partial charge in [0.05, 0.1) is 12.3 Å². The van der Waals surface area contributed by atoms with E-state index in [1.54, 1.807) is 17.6 Å². The summed E-state index contributed by atoms with van der Waals surface area (Å²) < 4.78 is 5.32. The smallest absolute Gasteiger partial charge is 0.265 e. The van der Waals surface area contributed by atoms with Gasteiger partial charge in [-0.2, -0.15) is 0 Å². The lowest BCUT2D eigenvalue weighted by Gasteiger charge is -2.02. The Balaban J connectivity index is 1.55. The number of thiazole rings is 1. The number of carbonyl (C=O) groups excluding carboxylic acids is 2. The molecule has 22 heavy (non-hydrogen) atoms. The number of H-pyrrole nitrogens is 1. The van der Waals surface area contributed by atoms with Crippen molar-refractivity contribution in [1.82, 2.24) is 9.97 Å². The van der Waals surface area contributed by atoms with Crippen molar-refractivity contribution in [3.8, 4) is 11.3 Å². The van der Waals surface area contributed by atoms with E-state index in [1.165, 1.54) is 24.2 Å². The Kier molecular flexibility index (Phi) is 4.21. The number of aromatic nitrogens is 2. The molecule has 0 bridgehead atoms. The summed E-state index contributed by atoms with van der Waals surface area (Å²) in [7, 11) is 0. The average molecular weight is 320 g/mol. The summed E-state index contributed by atoms with van der Waals surface area (Å²) in [5.41, 5.74) is 6.93. The molecule has 0 atom stereocenters. The van der Waals surface area contributed by atoms with E-state index < -0.39 is 5.91 Å². The van der Waals surface area contributed by atoms with Gasteiger partial charge in [-0.25, -0.2) is 4.98 Å². The Morgan fingerprint density at radius 3 is 3.00 bits per heavy atom. The molecule has 1 saturated carbocycles. The third-order valence-electron chi connectivity index (χ3n) is 3.28. The average Bonchev–Trinajstić information content (AvgIpc) is 2.99. The third kappa shape index (κ3) is 3.71. The molecule has 0 unspecified atom stereocenters. The molecule has 2 heterocycles. The highest BCUT2D eigenvalue weighted by molar-refractivity contribution is 7.14. The molecule has 116 valence electrons. The molecular formula is C14H16N4O3S. The van der Waals surface area contributed by atoms with Gasteiger partial charge in [-0.05, 0) is 24.8 Å². The molecule has 0 aliphatic heterocycles. The van der Waals surface area contributed by atoms with Gasteiger partial charge in [0.2, 0.25) is 0 Å². The van der Waals surface area contributed by atoms with Crippen LogP contribution in [-0.4, -0.2) is 35.0 Å². The molecule has 8 heteroatoms. The molecule has 4 N–H and O–H groups in total. The standard InChI is InChI=1S/C14H16N4O3S/c15-13(20)10-3-9(4-16-10)11-7-22-14(17-11)18-12(19)6-21-5-8-1-2-8/h3-4,7-8,16H,1-2,5-6H2,(H2,15,20)(H,17,18,19). The topological polar surface area (TPSA) is 110 Å². The molecule has 0 saturated heterocycles.